The Morgan fingerprint density at radius 2 is 1.68 bits per heavy atom. The lowest BCUT2D eigenvalue weighted by Crippen LogP contribution is -2.31. The third kappa shape index (κ3) is 9.66. The van der Waals surface area contributed by atoms with Gasteiger partial charge in [0.05, 0.1) is 17.2 Å². The number of halogens is 1. The number of aryl methyl sites for hydroxylation is 3. The second-order valence-corrected chi connectivity index (χ2v) is 14.8. The number of nitro benzene ring substituents is 1. The van der Waals surface area contributed by atoms with Gasteiger partial charge in [0.15, 0.2) is 4.90 Å². The molecule has 4 rings (SSSR count). The lowest BCUT2D eigenvalue weighted by molar-refractivity contribution is -0.387. The molecule has 0 aliphatic rings. The molecule has 0 amide bonds. The molecule has 1 N–H and O–H groups in total. The summed E-state index contributed by atoms with van der Waals surface area (Å²) in [7, 11) is -4.59. The van der Waals surface area contributed by atoms with Crippen LogP contribution in [0.4, 0.5) is 15.8 Å². The fourth-order valence-corrected chi connectivity index (χ4v) is 7.26. The minimum atomic E-state index is -4.59. The van der Waals surface area contributed by atoms with Crippen molar-refractivity contribution in [3.63, 3.8) is 0 Å². The van der Waals surface area contributed by atoms with Gasteiger partial charge in [0.25, 0.3) is 15.7 Å². The number of carbonyl (C=O) groups excluding carboxylic acids is 1. The molecular formula is C38H44FN3O7S. The van der Waals surface area contributed by atoms with E-state index in [-0.39, 0.29) is 30.6 Å². The smallest absolute Gasteiger partial charge is 0.306 e. The van der Waals surface area contributed by atoms with E-state index in [1.165, 1.54) is 24.3 Å². The maximum atomic E-state index is 15.6. The van der Waals surface area contributed by atoms with Crippen molar-refractivity contribution in [3.05, 3.63) is 117 Å². The molecule has 266 valence electrons. The standard InChI is InChI=1S/C38H44FN3O7S/c1-7-40-19-20-48-32-21-26(2)37(27(3)22-32)30-12-10-11-28(23-30)25-41(50(46,47)35-14-9-8-13-34(35)42(44)45)31-17-15-29(33(39)24-31)16-18-36(43)49-38(4,5)6/h8-15,17,21-24,40H,7,16,18-20,25H2,1-6H3. The first-order chi connectivity index (χ1) is 23.6. The van der Waals surface area contributed by atoms with Crippen LogP contribution in [-0.2, 0) is 32.5 Å². The van der Waals surface area contributed by atoms with Gasteiger partial charge in [-0.2, -0.15) is 0 Å². The molecule has 0 saturated carbocycles. The summed E-state index contributed by atoms with van der Waals surface area (Å²) < 4.78 is 56.3. The van der Waals surface area contributed by atoms with Crippen LogP contribution in [0.1, 0.15) is 56.4 Å². The number of para-hydroxylation sites is 1. The second-order valence-electron chi connectivity index (χ2n) is 12.9. The summed E-state index contributed by atoms with van der Waals surface area (Å²) in [6, 6.07) is 20.2. The summed E-state index contributed by atoms with van der Waals surface area (Å²) in [5.41, 5.74) is 3.19. The van der Waals surface area contributed by atoms with Gasteiger partial charge in [-0.05, 0) is 117 Å². The Bertz CT molecular complexity index is 1940. The highest BCUT2D eigenvalue weighted by atomic mass is 32.2. The zero-order valence-corrected chi connectivity index (χ0v) is 30.1. The zero-order chi connectivity index (χ0) is 36.6. The van der Waals surface area contributed by atoms with Gasteiger partial charge < -0.3 is 14.8 Å². The molecule has 0 saturated heterocycles. The van der Waals surface area contributed by atoms with Crippen LogP contribution >= 0.6 is 0 Å². The van der Waals surface area contributed by atoms with E-state index in [9.17, 15) is 23.3 Å². The summed E-state index contributed by atoms with van der Waals surface area (Å²) >= 11 is 0. The number of hydrogen-bond acceptors (Lipinski definition) is 8. The van der Waals surface area contributed by atoms with Crippen LogP contribution in [-0.4, -0.2) is 44.6 Å². The van der Waals surface area contributed by atoms with Crippen molar-refractivity contribution >= 4 is 27.4 Å². The molecule has 10 nitrogen and oxygen atoms in total. The number of ether oxygens (including phenoxy) is 2. The third-order valence-electron chi connectivity index (χ3n) is 7.82. The molecule has 0 aliphatic carbocycles. The van der Waals surface area contributed by atoms with Gasteiger partial charge in [-0.3, -0.25) is 19.2 Å². The number of benzene rings is 4. The van der Waals surface area contributed by atoms with E-state index in [1.807, 2.05) is 45.0 Å². The van der Waals surface area contributed by atoms with Gasteiger partial charge in [-0.15, -0.1) is 0 Å². The van der Waals surface area contributed by atoms with E-state index in [0.717, 1.165) is 63.6 Å². The second kappa shape index (κ2) is 16.3. The minimum absolute atomic E-state index is 0.0292. The van der Waals surface area contributed by atoms with Gasteiger partial charge in [0.2, 0.25) is 0 Å². The molecular weight excluding hydrogens is 661 g/mol. The molecule has 4 aromatic rings. The van der Waals surface area contributed by atoms with E-state index in [1.54, 1.807) is 32.9 Å². The maximum Gasteiger partial charge on any atom is 0.306 e. The largest absolute Gasteiger partial charge is 0.492 e. The molecule has 12 heteroatoms. The molecule has 0 bridgehead atoms. The van der Waals surface area contributed by atoms with Gasteiger partial charge in [-0.25, -0.2) is 12.8 Å². The zero-order valence-electron chi connectivity index (χ0n) is 29.3. The highest BCUT2D eigenvalue weighted by molar-refractivity contribution is 7.93. The molecule has 0 heterocycles. The molecule has 0 aromatic heterocycles. The number of nitro groups is 1. The van der Waals surface area contributed by atoms with Crippen LogP contribution in [0, 0.1) is 29.8 Å². The Hall–Kier alpha value is -4.81. The Labute approximate surface area is 293 Å². The summed E-state index contributed by atoms with van der Waals surface area (Å²) in [4.78, 5) is 22.9. The number of sulfonamides is 1. The molecule has 4 aromatic carbocycles. The Morgan fingerprint density at radius 3 is 2.32 bits per heavy atom. The van der Waals surface area contributed by atoms with Gasteiger partial charge in [0, 0.05) is 19.0 Å². The first-order valence-corrected chi connectivity index (χ1v) is 17.8. The van der Waals surface area contributed by atoms with E-state index in [2.05, 4.69) is 5.32 Å². The van der Waals surface area contributed by atoms with Crippen LogP contribution in [0.25, 0.3) is 11.1 Å². The van der Waals surface area contributed by atoms with E-state index >= 15 is 4.39 Å². The predicted octanol–water partition coefficient (Wildman–Crippen LogP) is 7.68. The Morgan fingerprint density at radius 1 is 0.980 bits per heavy atom. The Kier molecular flexibility index (Phi) is 12.4. The summed E-state index contributed by atoms with van der Waals surface area (Å²) in [5.74, 6) is -0.462. The monoisotopic (exact) mass is 705 g/mol. The number of likely N-dealkylation sites (N-methyl/N-ethyl adjacent to an activating group) is 1. The van der Waals surface area contributed by atoms with Crippen LogP contribution in [0.2, 0.25) is 0 Å². The summed E-state index contributed by atoms with van der Waals surface area (Å²) in [5, 5.41) is 15.1. The quantitative estimate of drug-likeness (QED) is 0.0578. The first-order valence-electron chi connectivity index (χ1n) is 16.4. The van der Waals surface area contributed by atoms with Crippen molar-refractivity contribution in [2.24, 2.45) is 0 Å². The molecule has 0 unspecified atom stereocenters. The normalized spacial score (nSPS) is 11.7. The SMILES string of the molecule is CCNCCOc1cc(C)c(-c2cccc(CN(c3ccc(CCC(=O)OC(C)(C)C)c(F)c3)S(=O)(=O)c3ccccc3[N+](=O)[O-])c2)c(C)c1. The van der Waals surface area contributed by atoms with Crippen LogP contribution in [0.3, 0.4) is 0 Å². The van der Waals surface area contributed by atoms with Crippen molar-refractivity contribution < 1.29 is 32.0 Å². The van der Waals surface area contributed by atoms with E-state index < -0.39 is 42.9 Å². The lowest BCUT2D eigenvalue weighted by atomic mass is 9.94. The maximum absolute atomic E-state index is 15.6. The number of hydrogen-bond donors (Lipinski definition) is 1. The minimum Gasteiger partial charge on any atom is -0.492 e. The van der Waals surface area contributed by atoms with Gasteiger partial charge >= 0.3 is 5.97 Å². The van der Waals surface area contributed by atoms with Crippen molar-refractivity contribution in [2.45, 2.75) is 71.4 Å². The number of anilines is 1. The molecule has 0 fully saturated rings. The highest BCUT2D eigenvalue weighted by Gasteiger charge is 2.32. The number of nitrogens with zero attached hydrogens (tertiary/aromatic N) is 2. The molecule has 0 atom stereocenters. The van der Waals surface area contributed by atoms with E-state index in [4.69, 9.17) is 9.47 Å². The lowest BCUT2D eigenvalue weighted by Gasteiger charge is -2.25. The molecule has 0 aliphatic heterocycles. The highest BCUT2D eigenvalue weighted by Crippen LogP contribution is 2.35. The van der Waals surface area contributed by atoms with Crippen LogP contribution in [0.15, 0.2) is 83.8 Å². The van der Waals surface area contributed by atoms with Gasteiger partial charge in [0.1, 0.15) is 23.8 Å². The average Bonchev–Trinajstić information content (AvgIpc) is 3.04. The first kappa shape index (κ1) is 38.0. The van der Waals surface area contributed by atoms with Crippen LogP contribution in [0.5, 0.6) is 5.75 Å². The predicted molar refractivity (Wildman–Crippen MR) is 192 cm³/mol. The topological polar surface area (TPSA) is 128 Å². The number of carbonyl (C=O) groups is 1. The fraction of sp³-hybridized carbons (Fsp3) is 0.342. The summed E-state index contributed by atoms with van der Waals surface area (Å²) in [6.45, 7) is 13.1. The molecule has 0 radical (unpaired) electrons. The number of esters is 1. The summed E-state index contributed by atoms with van der Waals surface area (Å²) in [6.07, 6.45) is -0.0291. The van der Waals surface area contributed by atoms with Crippen molar-refractivity contribution in [2.75, 3.05) is 24.0 Å². The van der Waals surface area contributed by atoms with Crippen molar-refractivity contribution in [1.82, 2.24) is 5.32 Å². The van der Waals surface area contributed by atoms with Crippen molar-refractivity contribution in [3.8, 4) is 16.9 Å². The molecule has 0 spiro atoms. The van der Waals surface area contributed by atoms with Gasteiger partial charge in [-0.1, -0.05) is 43.3 Å². The van der Waals surface area contributed by atoms with Crippen LogP contribution < -0.4 is 14.4 Å². The average molecular weight is 706 g/mol. The third-order valence-corrected chi connectivity index (χ3v) is 9.64. The number of rotatable bonds is 15. The Balaban J connectivity index is 1.72. The fourth-order valence-electron chi connectivity index (χ4n) is 5.65. The number of nitrogens with one attached hydrogen (secondary N) is 1. The van der Waals surface area contributed by atoms with Crippen molar-refractivity contribution in [1.29, 1.82) is 0 Å². The van der Waals surface area contributed by atoms with E-state index in [0.29, 0.717) is 12.2 Å². The molecule has 50 heavy (non-hydrogen) atoms.